The lowest BCUT2D eigenvalue weighted by Crippen LogP contribution is -2.68. The molecule has 35 heavy (non-hydrogen) atoms. The average molecular weight is 483 g/mol. The smallest absolute Gasteiger partial charge is 0.307 e. The van der Waals surface area contributed by atoms with Gasteiger partial charge in [0.15, 0.2) is 0 Å². The molecule has 0 saturated carbocycles. The highest BCUT2D eigenvalue weighted by atomic mass is 16.4. The molecule has 1 saturated heterocycles. The Balaban J connectivity index is 1.72. The van der Waals surface area contributed by atoms with Gasteiger partial charge in [-0.2, -0.15) is 0 Å². The standard InChI is InChI=1S/C25H34N6O4/c1-17(32)29-25(16-21(33)34,24(2,3)4)30-22(35)18-7-5-8-20(15-18)31-13-9-19(10-14-31)28-23-26-11-6-12-27-23/h5-8,11-12,15,19H,9-10,13-14,16H2,1-4H3,(H,29,32)(H,30,35)(H,33,34)(H,26,27,28). The van der Waals surface area contributed by atoms with Crippen LogP contribution in [0.15, 0.2) is 42.7 Å². The molecule has 188 valence electrons. The zero-order valence-corrected chi connectivity index (χ0v) is 20.7. The van der Waals surface area contributed by atoms with Crippen LogP contribution in [0.5, 0.6) is 0 Å². The molecule has 0 aliphatic carbocycles. The molecule has 1 aliphatic heterocycles. The number of benzene rings is 1. The summed E-state index contributed by atoms with van der Waals surface area (Å²) in [6.07, 6.45) is 4.74. The number of carboxylic acid groups (broad SMARTS) is 1. The fourth-order valence-electron chi connectivity index (χ4n) is 4.24. The minimum atomic E-state index is -1.46. The molecule has 10 nitrogen and oxygen atoms in total. The Labute approximate surface area is 205 Å². The van der Waals surface area contributed by atoms with Crippen molar-refractivity contribution in [3.8, 4) is 0 Å². The van der Waals surface area contributed by atoms with Crippen LogP contribution in [0.25, 0.3) is 0 Å². The first-order valence-corrected chi connectivity index (χ1v) is 11.7. The number of nitrogens with zero attached hydrogens (tertiary/aromatic N) is 3. The number of amides is 2. The molecule has 1 aromatic heterocycles. The van der Waals surface area contributed by atoms with Crippen LogP contribution in [0.4, 0.5) is 11.6 Å². The van der Waals surface area contributed by atoms with Crippen LogP contribution in [0, 0.1) is 5.41 Å². The van der Waals surface area contributed by atoms with Crippen molar-refractivity contribution in [1.29, 1.82) is 0 Å². The quantitative estimate of drug-likeness (QED) is 0.422. The third-order valence-electron chi connectivity index (χ3n) is 6.28. The van der Waals surface area contributed by atoms with Gasteiger partial charge in [-0.25, -0.2) is 9.97 Å². The number of carboxylic acids is 1. The van der Waals surface area contributed by atoms with Crippen LogP contribution in [0.1, 0.15) is 57.3 Å². The van der Waals surface area contributed by atoms with Gasteiger partial charge in [0.25, 0.3) is 5.91 Å². The molecular formula is C25H34N6O4. The van der Waals surface area contributed by atoms with E-state index in [1.165, 1.54) is 6.92 Å². The highest BCUT2D eigenvalue weighted by Gasteiger charge is 2.46. The normalized spacial score (nSPS) is 16.2. The highest BCUT2D eigenvalue weighted by Crippen LogP contribution is 2.32. The number of nitrogens with one attached hydrogen (secondary N) is 3. The lowest BCUT2D eigenvalue weighted by molar-refractivity contribution is -0.141. The second-order valence-electron chi connectivity index (χ2n) is 9.89. The summed E-state index contributed by atoms with van der Waals surface area (Å²) < 4.78 is 0. The number of hydrogen-bond donors (Lipinski definition) is 4. The molecule has 2 amide bonds. The molecule has 0 spiro atoms. The number of rotatable bonds is 8. The van der Waals surface area contributed by atoms with Gasteiger partial charge in [0.1, 0.15) is 5.66 Å². The van der Waals surface area contributed by atoms with Crippen LogP contribution >= 0.6 is 0 Å². The van der Waals surface area contributed by atoms with Gasteiger partial charge in [-0.3, -0.25) is 14.4 Å². The summed E-state index contributed by atoms with van der Waals surface area (Å²) in [6, 6.07) is 9.28. The largest absolute Gasteiger partial charge is 0.481 e. The zero-order valence-electron chi connectivity index (χ0n) is 20.7. The number of carbonyl (C=O) groups excluding carboxylic acids is 2. The van der Waals surface area contributed by atoms with Crippen molar-refractivity contribution in [3.05, 3.63) is 48.3 Å². The predicted molar refractivity (Wildman–Crippen MR) is 133 cm³/mol. The van der Waals surface area contributed by atoms with E-state index in [9.17, 15) is 19.5 Å². The lowest BCUT2D eigenvalue weighted by atomic mass is 9.77. The maximum absolute atomic E-state index is 13.3. The van der Waals surface area contributed by atoms with Gasteiger partial charge < -0.3 is 26.0 Å². The summed E-state index contributed by atoms with van der Waals surface area (Å²) in [5.41, 5.74) is -0.917. The number of piperidine rings is 1. The Bertz CT molecular complexity index is 1030. The first kappa shape index (κ1) is 25.9. The van der Waals surface area contributed by atoms with Crippen molar-refractivity contribution >= 4 is 29.4 Å². The minimum absolute atomic E-state index is 0.265. The summed E-state index contributed by atoms with van der Waals surface area (Å²) in [7, 11) is 0. The van der Waals surface area contributed by atoms with Gasteiger partial charge in [-0.1, -0.05) is 26.8 Å². The molecule has 1 fully saturated rings. The lowest BCUT2D eigenvalue weighted by Gasteiger charge is -2.44. The third kappa shape index (κ3) is 6.68. The molecule has 0 radical (unpaired) electrons. The molecule has 0 bridgehead atoms. The monoisotopic (exact) mass is 482 g/mol. The maximum atomic E-state index is 13.3. The van der Waals surface area contributed by atoms with Crippen LogP contribution in [-0.2, 0) is 9.59 Å². The van der Waals surface area contributed by atoms with Gasteiger partial charge in [0.2, 0.25) is 11.9 Å². The van der Waals surface area contributed by atoms with E-state index in [1.807, 2.05) is 6.07 Å². The predicted octanol–water partition coefficient (Wildman–Crippen LogP) is 2.64. The summed E-state index contributed by atoms with van der Waals surface area (Å²) in [5.74, 6) is -1.38. The van der Waals surface area contributed by atoms with Crippen molar-refractivity contribution in [2.24, 2.45) is 5.41 Å². The third-order valence-corrected chi connectivity index (χ3v) is 6.28. The zero-order chi connectivity index (χ0) is 25.6. The van der Waals surface area contributed by atoms with E-state index in [4.69, 9.17) is 0 Å². The molecule has 1 unspecified atom stereocenters. The van der Waals surface area contributed by atoms with Gasteiger partial charge in [-0.15, -0.1) is 0 Å². The molecule has 4 N–H and O–H groups in total. The van der Waals surface area contributed by atoms with Crippen LogP contribution in [0.2, 0.25) is 0 Å². The van der Waals surface area contributed by atoms with E-state index >= 15 is 0 Å². The Morgan fingerprint density at radius 2 is 1.71 bits per heavy atom. The van der Waals surface area contributed by atoms with Gasteiger partial charge in [-0.05, 0) is 37.1 Å². The molecule has 2 heterocycles. The number of carbonyl (C=O) groups is 3. The Kier molecular flexibility index (Phi) is 7.93. The van der Waals surface area contributed by atoms with Crippen molar-refractivity contribution in [1.82, 2.24) is 20.6 Å². The van der Waals surface area contributed by atoms with Gasteiger partial charge in [0.05, 0.1) is 6.42 Å². The topological polar surface area (TPSA) is 137 Å². The summed E-state index contributed by atoms with van der Waals surface area (Å²) in [6.45, 7) is 8.24. The van der Waals surface area contributed by atoms with E-state index in [0.29, 0.717) is 11.5 Å². The van der Waals surface area contributed by atoms with Crippen molar-refractivity contribution in [2.45, 2.75) is 58.7 Å². The first-order valence-electron chi connectivity index (χ1n) is 11.7. The Morgan fingerprint density at radius 3 is 2.29 bits per heavy atom. The van der Waals surface area contributed by atoms with Crippen molar-refractivity contribution < 1.29 is 19.5 Å². The number of hydrogen-bond acceptors (Lipinski definition) is 7. The first-order chi connectivity index (χ1) is 16.5. The van der Waals surface area contributed by atoms with E-state index in [-0.39, 0.29) is 6.04 Å². The second-order valence-corrected chi connectivity index (χ2v) is 9.89. The second kappa shape index (κ2) is 10.7. The number of aliphatic carboxylic acids is 1. The van der Waals surface area contributed by atoms with Crippen LogP contribution in [-0.4, -0.2) is 57.7 Å². The van der Waals surface area contributed by atoms with E-state index in [1.54, 1.807) is 57.4 Å². The number of aromatic nitrogens is 2. The molecule has 1 aromatic carbocycles. The molecule has 2 aromatic rings. The van der Waals surface area contributed by atoms with Gasteiger partial charge in [0, 0.05) is 55.1 Å². The van der Waals surface area contributed by atoms with Gasteiger partial charge >= 0.3 is 5.97 Å². The van der Waals surface area contributed by atoms with Crippen molar-refractivity contribution in [3.63, 3.8) is 0 Å². The molecule has 10 heteroatoms. The fourth-order valence-corrected chi connectivity index (χ4v) is 4.24. The molecule has 1 atom stereocenters. The summed E-state index contributed by atoms with van der Waals surface area (Å²) >= 11 is 0. The fraction of sp³-hybridized carbons (Fsp3) is 0.480. The van der Waals surface area contributed by atoms with Crippen LogP contribution in [0.3, 0.4) is 0 Å². The molecule has 3 rings (SSSR count). The highest BCUT2D eigenvalue weighted by molar-refractivity contribution is 5.96. The van der Waals surface area contributed by atoms with Crippen LogP contribution < -0.4 is 20.9 Å². The SMILES string of the molecule is CC(=O)NC(CC(=O)O)(NC(=O)c1cccc(N2CCC(Nc3ncccn3)CC2)c1)C(C)(C)C. The van der Waals surface area contributed by atoms with E-state index < -0.39 is 35.3 Å². The summed E-state index contributed by atoms with van der Waals surface area (Å²) in [5, 5.41) is 18.4. The Morgan fingerprint density at radius 1 is 1.06 bits per heavy atom. The molecular weight excluding hydrogens is 448 g/mol. The number of anilines is 2. The summed E-state index contributed by atoms with van der Waals surface area (Å²) in [4.78, 5) is 47.5. The molecule has 1 aliphatic rings. The minimum Gasteiger partial charge on any atom is -0.481 e. The maximum Gasteiger partial charge on any atom is 0.307 e. The van der Waals surface area contributed by atoms with E-state index in [0.717, 1.165) is 31.6 Å². The average Bonchev–Trinajstić information content (AvgIpc) is 2.78. The van der Waals surface area contributed by atoms with Crippen molar-refractivity contribution in [2.75, 3.05) is 23.3 Å². The Hall–Kier alpha value is -3.69. The van der Waals surface area contributed by atoms with E-state index in [2.05, 4.69) is 30.8 Å².